The smallest absolute Gasteiger partial charge is 0.196 e. The van der Waals surface area contributed by atoms with E-state index < -0.39 is 0 Å². The van der Waals surface area contributed by atoms with Gasteiger partial charge in [-0.25, -0.2) is 0 Å². The Morgan fingerprint density at radius 2 is 1.95 bits per heavy atom. The molecule has 1 atom stereocenters. The Bertz CT molecular complexity index is 547. The number of hydrogen-bond acceptors (Lipinski definition) is 3. The Labute approximate surface area is 121 Å². The summed E-state index contributed by atoms with van der Waals surface area (Å²) in [6, 6.07) is 8.62. The number of benzene rings is 1. The van der Waals surface area contributed by atoms with Crippen LogP contribution in [0.2, 0.25) is 0 Å². The van der Waals surface area contributed by atoms with Crippen molar-refractivity contribution in [2.24, 2.45) is 16.1 Å². The largest absolute Gasteiger partial charge is 0.369 e. The zero-order chi connectivity index (χ0) is 14.4. The molecule has 0 saturated heterocycles. The summed E-state index contributed by atoms with van der Waals surface area (Å²) in [4.78, 5) is 6.94. The molecule has 1 fully saturated rings. The minimum absolute atomic E-state index is 0.0587. The summed E-state index contributed by atoms with van der Waals surface area (Å²) in [6.45, 7) is 7.72. The van der Waals surface area contributed by atoms with Gasteiger partial charge >= 0.3 is 0 Å². The first-order valence-electron chi connectivity index (χ1n) is 7.63. The van der Waals surface area contributed by atoms with Gasteiger partial charge in [-0.3, -0.25) is 4.99 Å². The number of rotatable bonds is 1. The highest BCUT2D eigenvalue weighted by molar-refractivity contribution is 5.98. The van der Waals surface area contributed by atoms with Gasteiger partial charge in [0.1, 0.15) is 0 Å². The number of aliphatic imine (C=N–C) groups is 1. The van der Waals surface area contributed by atoms with Crippen LogP contribution in [0.4, 0.5) is 5.69 Å². The van der Waals surface area contributed by atoms with Crippen molar-refractivity contribution >= 4 is 11.6 Å². The average Bonchev–Trinajstić information content (AvgIpc) is 2.72. The molecule has 1 aliphatic carbocycles. The van der Waals surface area contributed by atoms with Gasteiger partial charge in [-0.05, 0) is 42.9 Å². The summed E-state index contributed by atoms with van der Waals surface area (Å²) in [5.41, 5.74) is 9.02. The van der Waals surface area contributed by atoms with Gasteiger partial charge < -0.3 is 10.6 Å². The number of hydrogen-bond donors (Lipinski definition) is 1. The third kappa shape index (κ3) is 1.83. The molecule has 0 bridgehead atoms. The van der Waals surface area contributed by atoms with Crippen LogP contribution in [-0.4, -0.2) is 18.0 Å². The van der Waals surface area contributed by atoms with Crippen molar-refractivity contribution in [1.82, 2.24) is 0 Å². The maximum atomic E-state index is 6.26. The predicted octanol–water partition coefficient (Wildman–Crippen LogP) is 3.47. The lowest BCUT2D eigenvalue weighted by atomic mass is 9.62. The van der Waals surface area contributed by atoms with E-state index in [4.69, 9.17) is 5.73 Å². The summed E-state index contributed by atoms with van der Waals surface area (Å²) in [5, 5.41) is 0. The summed E-state index contributed by atoms with van der Waals surface area (Å²) < 4.78 is 0. The van der Waals surface area contributed by atoms with Gasteiger partial charge in [0, 0.05) is 5.69 Å². The van der Waals surface area contributed by atoms with Crippen LogP contribution in [-0.2, 0) is 0 Å². The summed E-state index contributed by atoms with van der Waals surface area (Å²) in [5.74, 6) is 0.686. The Hall–Kier alpha value is -1.51. The summed E-state index contributed by atoms with van der Waals surface area (Å²) in [7, 11) is 0. The minimum Gasteiger partial charge on any atom is -0.369 e. The van der Waals surface area contributed by atoms with Crippen molar-refractivity contribution in [2.75, 3.05) is 11.4 Å². The molecule has 108 valence electrons. The molecule has 0 aromatic heterocycles. The topological polar surface area (TPSA) is 41.6 Å². The zero-order valence-electron chi connectivity index (χ0n) is 12.8. The fourth-order valence-corrected chi connectivity index (χ4v) is 3.98. The van der Waals surface area contributed by atoms with Crippen molar-refractivity contribution in [3.8, 4) is 0 Å². The van der Waals surface area contributed by atoms with Gasteiger partial charge in [0.25, 0.3) is 0 Å². The zero-order valence-corrected chi connectivity index (χ0v) is 12.8. The Kier molecular flexibility index (Phi) is 3.03. The first kappa shape index (κ1) is 13.5. The standard InChI is InChI=1S/C17H25N3/c1-13-7-6-8-14(11-13)20-15(18)19-12-17(20)10-5-4-9-16(17,2)3/h6-8,11H,4-5,9-10,12H2,1-3H3,(H2,18,19). The number of nitrogens with two attached hydrogens (primary N) is 1. The molecule has 1 spiro atoms. The molecule has 1 aliphatic heterocycles. The molecule has 0 radical (unpaired) electrons. The second kappa shape index (κ2) is 4.51. The second-order valence-electron chi connectivity index (χ2n) is 6.97. The van der Waals surface area contributed by atoms with Crippen molar-refractivity contribution < 1.29 is 0 Å². The highest BCUT2D eigenvalue weighted by atomic mass is 15.4. The lowest BCUT2D eigenvalue weighted by Crippen LogP contribution is -2.61. The highest BCUT2D eigenvalue weighted by Gasteiger charge is 2.54. The molecule has 1 aromatic rings. The van der Waals surface area contributed by atoms with E-state index in [2.05, 4.69) is 54.9 Å². The molecule has 20 heavy (non-hydrogen) atoms. The maximum Gasteiger partial charge on any atom is 0.196 e. The summed E-state index contributed by atoms with van der Waals surface area (Å²) in [6.07, 6.45) is 5.01. The maximum absolute atomic E-state index is 6.26. The third-order valence-corrected chi connectivity index (χ3v) is 5.32. The molecular weight excluding hydrogens is 246 g/mol. The van der Waals surface area contributed by atoms with Gasteiger partial charge in [0.15, 0.2) is 5.96 Å². The Balaban J connectivity index is 2.08. The molecule has 3 heteroatoms. The SMILES string of the molecule is Cc1cccc(N2C(N)=NCC23CCCCC3(C)C)c1. The van der Waals surface area contributed by atoms with E-state index in [0.717, 1.165) is 6.54 Å². The number of anilines is 1. The quantitative estimate of drug-likeness (QED) is 0.849. The predicted molar refractivity (Wildman–Crippen MR) is 85.1 cm³/mol. The third-order valence-electron chi connectivity index (χ3n) is 5.32. The first-order valence-corrected chi connectivity index (χ1v) is 7.63. The van der Waals surface area contributed by atoms with Crippen LogP contribution in [0.25, 0.3) is 0 Å². The number of nitrogens with zero attached hydrogens (tertiary/aromatic N) is 2. The molecule has 1 heterocycles. The first-order chi connectivity index (χ1) is 9.46. The van der Waals surface area contributed by atoms with Crippen LogP contribution >= 0.6 is 0 Å². The molecule has 3 nitrogen and oxygen atoms in total. The molecule has 3 rings (SSSR count). The molecular formula is C17H25N3. The Morgan fingerprint density at radius 3 is 2.65 bits per heavy atom. The molecule has 1 saturated carbocycles. The monoisotopic (exact) mass is 271 g/mol. The van der Waals surface area contributed by atoms with Crippen LogP contribution in [0.15, 0.2) is 29.3 Å². The van der Waals surface area contributed by atoms with Gasteiger partial charge in [-0.15, -0.1) is 0 Å². The van der Waals surface area contributed by atoms with Crippen LogP contribution < -0.4 is 10.6 Å². The molecule has 1 unspecified atom stereocenters. The van der Waals surface area contributed by atoms with E-state index in [9.17, 15) is 0 Å². The van der Waals surface area contributed by atoms with Gasteiger partial charge in [0.05, 0.1) is 12.1 Å². The van der Waals surface area contributed by atoms with Gasteiger partial charge in [-0.1, -0.05) is 38.8 Å². The van der Waals surface area contributed by atoms with E-state index in [-0.39, 0.29) is 11.0 Å². The van der Waals surface area contributed by atoms with Crippen molar-refractivity contribution in [1.29, 1.82) is 0 Å². The number of aryl methyl sites for hydroxylation is 1. The van der Waals surface area contributed by atoms with Crippen molar-refractivity contribution in [3.05, 3.63) is 29.8 Å². The van der Waals surface area contributed by atoms with Crippen LogP contribution in [0.1, 0.15) is 45.1 Å². The second-order valence-corrected chi connectivity index (χ2v) is 6.97. The normalized spacial score (nSPS) is 28.8. The molecule has 2 N–H and O–H groups in total. The van der Waals surface area contributed by atoms with Crippen LogP contribution in [0.5, 0.6) is 0 Å². The lowest BCUT2D eigenvalue weighted by molar-refractivity contribution is 0.115. The molecule has 2 aliphatic rings. The van der Waals surface area contributed by atoms with E-state index in [1.165, 1.54) is 36.9 Å². The average molecular weight is 271 g/mol. The molecule has 0 amide bonds. The minimum atomic E-state index is 0.0587. The van der Waals surface area contributed by atoms with Crippen LogP contribution in [0.3, 0.4) is 0 Å². The van der Waals surface area contributed by atoms with Crippen molar-refractivity contribution in [2.45, 2.75) is 52.0 Å². The van der Waals surface area contributed by atoms with Crippen molar-refractivity contribution in [3.63, 3.8) is 0 Å². The highest BCUT2D eigenvalue weighted by Crippen LogP contribution is 2.50. The molecule has 1 aromatic carbocycles. The van der Waals surface area contributed by atoms with E-state index >= 15 is 0 Å². The number of guanidine groups is 1. The Morgan fingerprint density at radius 1 is 1.20 bits per heavy atom. The van der Waals surface area contributed by atoms with Crippen LogP contribution in [0, 0.1) is 12.3 Å². The van der Waals surface area contributed by atoms with E-state index in [0.29, 0.717) is 5.96 Å². The summed E-state index contributed by atoms with van der Waals surface area (Å²) >= 11 is 0. The van der Waals surface area contributed by atoms with Gasteiger partial charge in [0.2, 0.25) is 0 Å². The van der Waals surface area contributed by atoms with Gasteiger partial charge in [-0.2, -0.15) is 0 Å². The van der Waals surface area contributed by atoms with E-state index in [1.807, 2.05) is 0 Å². The van der Waals surface area contributed by atoms with E-state index in [1.54, 1.807) is 0 Å². The fourth-order valence-electron chi connectivity index (χ4n) is 3.98. The fraction of sp³-hybridized carbons (Fsp3) is 0.588. The lowest BCUT2D eigenvalue weighted by Gasteiger charge is -2.53.